The van der Waals surface area contributed by atoms with Gasteiger partial charge in [0, 0.05) is 46.2 Å². The first-order valence-electron chi connectivity index (χ1n) is 24.5. The van der Waals surface area contributed by atoms with Gasteiger partial charge < -0.3 is 9.80 Å². The lowest BCUT2D eigenvalue weighted by Gasteiger charge is -2.38. The summed E-state index contributed by atoms with van der Waals surface area (Å²) in [6.07, 6.45) is 61.1. The van der Waals surface area contributed by atoms with Gasteiger partial charge in [-0.3, -0.25) is 0 Å². The van der Waals surface area contributed by atoms with E-state index in [-0.39, 0.29) is 17.4 Å². The van der Waals surface area contributed by atoms with Gasteiger partial charge in [0.15, 0.2) is 0 Å². The van der Waals surface area contributed by atoms with Gasteiger partial charge in [0.05, 0.1) is 6.04 Å². The van der Waals surface area contributed by atoms with Crippen LogP contribution in [0.1, 0.15) is 106 Å². The molecule has 5 unspecified atom stereocenters. The zero-order chi connectivity index (χ0) is 43.7. The van der Waals surface area contributed by atoms with Crippen molar-refractivity contribution in [2.45, 2.75) is 94.9 Å². The second-order valence-electron chi connectivity index (χ2n) is 19.6. The van der Waals surface area contributed by atoms with Gasteiger partial charge in [-0.2, -0.15) is 0 Å². The molecule has 8 aliphatic carbocycles. The number of fused-ring (bicyclic) bond motifs is 3. The normalized spacial score (nSPS) is 25.8. The maximum Gasteiger partial charge on any atom is 0.0556 e. The maximum absolute atomic E-state index is 2.69. The lowest BCUT2D eigenvalue weighted by Crippen LogP contribution is -2.35. The van der Waals surface area contributed by atoms with Gasteiger partial charge in [0.25, 0.3) is 0 Å². The molecule has 0 heterocycles. The van der Waals surface area contributed by atoms with Crippen LogP contribution in [0.2, 0.25) is 0 Å². The summed E-state index contributed by atoms with van der Waals surface area (Å²) in [6.45, 7) is 4.89. The topological polar surface area (TPSA) is 6.48 Å². The van der Waals surface area contributed by atoms with Crippen LogP contribution in [-0.4, -0.2) is 6.04 Å². The van der Waals surface area contributed by atoms with E-state index in [0.29, 0.717) is 17.8 Å². The lowest BCUT2D eigenvalue weighted by atomic mass is 9.74. The molecule has 11 rings (SSSR count). The minimum atomic E-state index is 0.0283. The average molecular weight is 847 g/mol. The summed E-state index contributed by atoms with van der Waals surface area (Å²) in [5, 5.41) is 0. The Morgan fingerprint density at radius 2 is 1.31 bits per heavy atom. The van der Waals surface area contributed by atoms with Crippen molar-refractivity contribution < 1.29 is 0 Å². The number of hydrogen-bond donors (Lipinski definition) is 0. The largest absolute Gasteiger partial charge is 0.338 e. The Bertz CT molecular complexity index is 2790. The highest BCUT2D eigenvalue weighted by Gasteiger charge is 2.45. The lowest BCUT2D eigenvalue weighted by molar-refractivity contribution is 0.394. The van der Waals surface area contributed by atoms with Crippen LogP contribution >= 0.6 is 0 Å². The molecule has 0 aromatic heterocycles. The third kappa shape index (κ3) is 7.96. The van der Waals surface area contributed by atoms with Crippen molar-refractivity contribution in [3.05, 3.63) is 251 Å². The van der Waals surface area contributed by atoms with Gasteiger partial charge in [0.1, 0.15) is 0 Å². The van der Waals surface area contributed by atoms with Crippen LogP contribution in [0.4, 0.5) is 17.1 Å². The van der Waals surface area contributed by atoms with Crippen molar-refractivity contribution in [1.29, 1.82) is 0 Å². The van der Waals surface area contributed by atoms with Crippen molar-refractivity contribution >= 4 is 22.6 Å². The zero-order valence-electron chi connectivity index (χ0n) is 38.2. The molecule has 0 aliphatic heterocycles. The van der Waals surface area contributed by atoms with Gasteiger partial charge in [-0.25, -0.2) is 0 Å². The number of para-hydroxylation sites is 1. The van der Waals surface area contributed by atoms with E-state index < -0.39 is 0 Å². The van der Waals surface area contributed by atoms with Crippen LogP contribution in [-0.2, 0) is 5.41 Å². The maximum atomic E-state index is 2.69. The molecule has 0 spiro atoms. The molecule has 324 valence electrons. The molecule has 0 amide bonds. The Morgan fingerprint density at radius 1 is 0.554 bits per heavy atom. The van der Waals surface area contributed by atoms with E-state index in [1.807, 2.05) is 0 Å². The number of nitrogens with zero attached hydrogens (tertiary/aromatic N) is 2. The second-order valence-corrected chi connectivity index (χ2v) is 19.6. The van der Waals surface area contributed by atoms with E-state index in [1.54, 1.807) is 0 Å². The van der Waals surface area contributed by atoms with Crippen molar-refractivity contribution in [2.75, 3.05) is 9.80 Å². The van der Waals surface area contributed by atoms with E-state index in [4.69, 9.17) is 0 Å². The van der Waals surface area contributed by atoms with E-state index in [9.17, 15) is 0 Å². The fourth-order valence-corrected chi connectivity index (χ4v) is 12.0. The quantitative estimate of drug-likeness (QED) is 0.201. The van der Waals surface area contributed by atoms with Crippen molar-refractivity contribution in [3.8, 4) is 0 Å². The van der Waals surface area contributed by atoms with Gasteiger partial charge in [-0.15, -0.1) is 0 Å². The van der Waals surface area contributed by atoms with E-state index in [2.05, 4.69) is 224 Å². The number of allylic oxidation sites excluding steroid dienone is 26. The number of benzene rings is 3. The molecule has 0 radical (unpaired) electrons. The van der Waals surface area contributed by atoms with Crippen LogP contribution in [0.5, 0.6) is 0 Å². The summed E-state index contributed by atoms with van der Waals surface area (Å²) in [6, 6.07) is 26.2. The van der Waals surface area contributed by atoms with E-state index >= 15 is 0 Å². The Labute approximate surface area is 388 Å². The molecular formula is C63H62N2. The molecule has 0 saturated carbocycles. The molecule has 3 aromatic rings. The highest BCUT2D eigenvalue weighted by molar-refractivity contribution is 5.78. The van der Waals surface area contributed by atoms with Crippen LogP contribution in [0.3, 0.4) is 0 Å². The zero-order valence-corrected chi connectivity index (χ0v) is 38.2. The standard InChI is InChI=1S/C63H62N2/c1-63(2)60-29-17-15-27-56(60)57-42-40-54(44-61(57)63)65(50-25-13-6-14-26-50)62-30-18-16-28-58(62)55-41-39-53(43-59(55)49-23-11-5-12-24-49)64(51-35-31-47(32-36-51)45-19-7-3-8-20-45)52-37-33-48(34-38-52)46-21-9-4-10-22-46/h3-9,11,13-19,21,23,25-27,29-33,35,37,39-45,51,56,58,60H,10,12,20,22,24,28,34,36,38H2,1-2H3. The smallest absolute Gasteiger partial charge is 0.0556 e. The van der Waals surface area contributed by atoms with Gasteiger partial charge in [-0.1, -0.05) is 166 Å². The summed E-state index contributed by atoms with van der Waals surface area (Å²) in [5.74, 6) is 1.52. The van der Waals surface area contributed by atoms with Gasteiger partial charge in [0.2, 0.25) is 0 Å². The summed E-state index contributed by atoms with van der Waals surface area (Å²) in [7, 11) is 0. The molecule has 2 heteroatoms. The predicted octanol–water partition coefficient (Wildman–Crippen LogP) is 16.4. The summed E-state index contributed by atoms with van der Waals surface area (Å²) < 4.78 is 0. The summed E-state index contributed by atoms with van der Waals surface area (Å²) in [4.78, 5) is 5.26. The molecule has 5 atom stereocenters. The number of rotatable bonds is 10. The van der Waals surface area contributed by atoms with Crippen molar-refractivity contribution in [3.63, 3.8) is 0 Å². The Kier molecular flexibility index (Phi) is 11.4. The van der Waals surface area contributed by atoms with Gasteiger partial charge >= 0.3 is 0 Å². The van der Waals surface area contributed by atoms with Crippen LogP contribution < -0.4 is 9.80 Å². The summed E-state index contributed by atoms with van der Waals surface area (Å²) >= 11 is 0. The molecule has 0 N–H and O–H groups in total. The summed E-state index contributed by atoms with van der Waals surface area (Å²) in [5.41, 5.74) is 18.1. The highest BCUT2D eigenvalue weighted by atomic mass is 15.2. The fraction of sp³-hybridized carbons (Fsp3) is 0.270. The second kappa shape index (κ2) is 17.9. The van der Waals surface area contributed by atoms with Crippen LogP contribution in [0.25, 0.3) is 5.57 Å². The Hall–Kier alpha value is -6.38. The van der Waals surface area contributed by atoms with Crippen LogP contribution in [0, 0.1) is 11.8 Å². The van der Waals surface area contributed by atoms with E-state index in [0.717, 1.165) is 57.8 Å². The average Bonchev–Trinajstić information content (AvgIpc) is 3.61. The monoisotopic (exact) mass is 846 g/mol. The van der Waals surface area contributed by atoms with E-state index in [1.165, 1.54) is 73.0 Å². The third-order valence-corrected chi connectivity index (χ3v) is 15.5. The van der Waals surface area contributed by atoms with Crippen molar-refractivity contribution in [2.24, 2.45) is 11.8 Å². The first kappa shape index (κ1) is 41.3. The fourth-order valence-electron chi connectivity index (χ4n) is 12.0. The first-order valence-corrected chi connectivity index (χ1v) is 24.5. The number of anilines is 3. The SMILES string of the molecule is CC1(C)c2cc(N(C3=CC=CCC3c3ccc(N(C4=CC=C(C5=CC=CCC5)CC4)C4C=CC(C5C=CC=CC5)=CC4)cc3C3=CC=CCC3)c3ccccc3)ccc2C2C=CC=CC21. The Morgan fingerprint density at radius 3 is 2.06 bits per heavy atom. The van der Waals surface area contributed by atoms with Crippen LogP contribution in [0.15, 0.2) is 229 Å². The van der Waals surface area contributed by atoms with Crippen molar-refractivity contribution in [1.82, 2.24) is 0 Å². The molecule has 0 bridgehead atoms. The minimum absolute atomic E-state index is 0.0283. The third-order valence-electron chi connectivity index (χ3n) is 15.5. The molecule has 8 aliphatic rings. The molecular weight excluding hydrogens is 785 g/mol. The van der Waals surface area contributed by atoms with Gasteiger partial charge in [-0.05, 0) is 162 Å². The molecule has 0 fully saturated rings. The molecule has 0 saturated heterocycles. The molecule has 3 aromatic carbocycles. The first-order chi connectivity index (χ1) is 32.0. The molecule has 2 nitrogen and oxygen atoms in total. The highest BCUT2D eigenvalue weighted by Crippen LogP contribution is 2.55. The Balaban J connectivity index is 1.00. The minimum Gasteiger partial charge on any atom is -0.338 e. The molecule has 65 heavy (non-hydrogen) atoms. The number of hydrogen-bond acceptors (Lipinski definition) is 2. The predicted molar refractivity (Wildman–Crippen MR) is 276 cm³/mol.